The monoisotopic (exact) mass is 980 g/mol. The predicted molar refractivity (Wildman–Crippen MR) is 261 cm³/mol. The summed E-state index contributed by atoms with van der Waals surface area (Å²) in [6, 6.07) is 16.6. The van der Waals surface area contributed by atoms with E-state index in [0.29, 0.717) is 178 Å². The summed E-state index contributed by atoms with van der Waals surface area (Å²) in [4.78, 5) is 25.9. The quantitative estimate of drug-likeness (QED) is 0.0504. The molecule has 0 aliphatic heterocycles. The summed E-state index contributed by atoms with van der Waals surface area (Å²) in [5, 5.41) is 0. The summed E-state index contributed by atoms with van der Waals surface area (Å²) in [5.74, 6) is -0.113. The van der Waals surface area contributed by atoms with Crippen LogP contribution >= 0.6 is 0 Å². The first-order valence-corrected chi connectivity index (χ1v) is 25.3. The average Bonchev–Trinajstić information content (AvgIpc) is 3.69. The van der Waals surface area contributed by atoms with Crippen LogP contribution < -0.4 is 0 Å². The molecule has 17 nitrogen and oxygen atoms in total. The fraction of sp³-hybridized carbons (Fsp3) is 0.731. The van der Waals surface area contributed by atoms with Crippen molar-refractivity contribution in [3.8, 4) is 11.1 Å². The molecule has 0 saturated carbocycles. The number of benzene rings is 2. The number of nitrogens with zero attached hydrogens (tertiary/aromatic N) is 1. The van der Waals surface area contributed by atoms with E-state index in [2.05, 4.69) is 31.2 Å². The molecule has 1 amide bonds. The largest absolute Gasteiger partial charge is 0.463 e. The molecule has 2 aromatic rings. The Labute approximate surface area is 412 Å². The summed E-state index contributed by atoms with van der Waals surface area (Å²) in [7, 11) is 1.71. The van der Waals surface area contributed by atoms with E-state index in [4.69, 9.17) is 66.3 Å². The third-order valence-electron chi connectivity index (χ3n) is 10.8. The van der Waals surface area contributed by atoms with E-state index in [1.807, 2.05) is 24.3 Å². The first-order chi connectivity index (χ1) is 34.1. The second-order valence-corrected chi connectivity index (χ2v) is 16.2. The molecule has 0 spiro atoms. The Morgan fingerprint density at radius 2 is 0.725 bits per heavy atom. The van der Waals surface area contributed by atoms with Crippen LogP contribution in [0.15, 0.2) is 48.5 Å². The summed E-state index contributed by atoms with van der Waals surface area (Å²) in [6.45, 7) is 14.4. The maximum Gasteiger partial charge on any atom is 0.409 e. The van der Waals surface area contributed by atoms with Crippen molar-refractivity contribution in [2.24, 2.45) is 0 Å². The minimum atomic E-state index is -0.368. The van der Waals surface area contributed by atoms with Gasteiger partial charge < -0.3 is 71.2 Å². The second kappa shape index (κ2) is 43.5. The number of carbonyl (C=O) groups excluding carboxylic acids is 2. The molecular weight excluding hydrogens is 895 g/mol. The van der Waals surface area contributed by atoms with Gasteiger partial charge in [0.25, 0.3) is 0 Å². The summed E-state index contributed by atoms with van der Waals surface area (Å²) in [5.41, 5.74) is 4.78. The van der Waals surface area contributed by atoms with E-state index in [-0.39, 0.29) is 24.6 Å². The van der Waals surface area contributed by atoms with Crippen LogP contribution in [-0.4, -0.2) is 202 Å². The lowest BCUT2D eigenvalue weighted by Crippen LogP contribution is -2.32. The van der Waals surface area contributed by atoms with Gasteiger partial charge in [0.05, 0.1) is 159 Å². The van der Waals surface area contributed by atoms with Gasteiger partial charge in [0.2, 0.25) is 0 Å². The lowest BCUT2D eigenvalue weighted by molar-refractivity contribution is -0.145. The molecular formula is C52H85NO16. The first kappa shape index (κ1) is 60.0. The number of unbranched alkanes of at least 4 members (excludes halogenated alkanes) is 6. The van der Waals surface area contributed by atoms with Crippen LogP contribution in [-0.2, 0) is 71.1 Å². The molecule has 0 radical (unpaired) electrons. The molecule has 3 rings (SSSR count). The topological polar surface area (TPSA) is 167 Å². The number of hydrogen-bond acceptors (Lipinski definition) is 16. The normalized spacial score (nSPS) is 12.1. The van der Waals surface area contributed by atoms with Crippen LogP contribution in [0.5, 0.6) is 0 Å². The lowest BCUT2D eigenvalue weighted by Gasteiger charge is -2.19. The van der Waals surface area contributed by atoms with Crippen molar-refractivity contribution in [2.75, 3.05) is 185 Å². The van der Waals surface area contributed by atoms with Gasteiger partial charge in [-0.25, -0.2) is 4.79 Å². The highest BCUT2D eigenvalue weighted by molar-refractivity contribution is 5.79. The zero-order valence-corrected chi connectivity index (χ0v) is 41.9. The molecule has 17 heteroatoms. The zero-order chi connectivity index (χ0) is 48.9. The summed E-state index contributed by atoms with van der Waals surface area (Å²) < 4.78 is 77.2. The van der Waals surface area contributed by atoms with E-state index in [9.17, 15) is 9.59 Å². The van der Waals surface area contributed by atoms with Crippen LogP contribution in [0.2, 0.25) is 0 Å². The van der Waals surface area contributed by atoms with Crippen molar-refractivity contribution in [2.45, 2.75) is 64.2 Å². The molecule has 0 aromatic heterocycles. The van der Waals surface area contributed by atoms with Gasteiger partial charge in [-0.05, 0) is 28.7 Å². The highest BCUT2D eigenvalue weighted by atomic mass is 16.6. The Kier molecular flexibility index (Phi) is 37.8. The number of rotatable bonds is 49. The van der Waals surface area contributed by atoms with E-state index < -0.39 is 0 Å². The van der Waals surface area contributed by atoms with Crippen molar-refractivity contribution in [3.63, 3.8) is 0 Å². The molecule has 1 aliphatic rings. The second-order valence-electron chi connectivity index (χ2n) is 16.2. The number of likely N-dealkylation sites (N-methyl/N-ethyl adjacent to an activating group) is 1. The predicted octanol–water partition coefficient (Wildman–Crippen LogP) is 6.75. The maximum absolute atomic E-state index is 12.6. The number of amides is 1. The van der Waals surface area contributed by atoms with Crippen LogP contribution in [0, 0.1) is 0 Å². The van der Waals surface area contributed by atoms with Gasteiger partial charge >= 0.3 is 12.1 Å². The molecule has 0 unspecified atom stereocenters. The minimum absolute atomic E-state index is 0.0330. The first-order valence-electron chi connectivity index (χ1n) is 25.3. The molecule has 0 heterocycles. The Hall–Kier alpha value is -3.30. The Bertz CT molecular complexity index is 1480. The van der Waals surface area contributed by atoms with Gasteiger partial charge in [-0.2, -0.15) is 0 Å². The van der Waals surface area contributed by atoms with Crippen LogP contribution in [0.3, 0.4) is 0 Å². The Morgan fingerprint density at radius 1 is 0.406 bits per heavy atom. The SMILES string of the molecule is CCCCCCCCCC(=O)OCCOCCOCCOCCOCCOCCOCCOCCOCCOCCOCCOCCOCCN(C)C(=O)OCC1c2ccccc2-c2ccccc21. The smallest absolute Gasteiger partial charge is 0.409 e. The fourth-order valence-electron chi connectivity index (χ4n) is 7.03. The van der Waals surface area contributed by atoms with Gasteiger partial charge in [-0.3, -0.25) is 4.79 Å². The number of hydrogen-bond donors (Lipinski definition) is 0. The van der Waals surface area contributed by atoms with Crippen LogP contribution in [0.1, 0.15) is 75.3 Å². The third kappa shape index (κ3) is 30.9. The van der Waals surface area contributed by atoms with Gasteiger partial charge in [0.15, 0.2) is 0 Å². The average molecular weight is 980 g/mol. The number of ether oxygens (including phenoxy) is 14. The third-order valence-corrected chi connectivity index (χ3v) is 10.8. The standard InChI is InChI=1S/C52H85NO16/c1-3-4-5-6-7-8-9-18-51(54)68-44-43-67-42-41-66-40-39-65-38-37-64-36-35-63-34-33-62-32-31-61-30-29-60-28-27-59-26-25-58-24-23-57-22-21-56-20-19-53(2)52(55)69-45-50-48-16-12-10-14-46(48)47-15-11-13-17-49(47)50/h10-17,50H,3-9,18-45H2,1-2H3. The molecule has 69 heavy (non-hydrogen) atoms. The van der Waals surface area contributed by atoms with E-state index >= 15 is 0 Å². The molecule has 0 N–H and O–H groups in total. The van der Waals surface area contributed by atoms with E-state index in [1.165, 1.54) is 59.3 Å². The minimum Gasteiger partial charge on any atom is -0.463 e. The summed E-state index contributed by atoms with van der Waals surface area (Å²) in [6.07, 6.45) is 8.38. The van der Waals surface area contributed by atoms with E-state index in [1.54, 1.807) is 7.05 Å². The lowest BCUT2D eigenvalue weighted by atomic mass is 9.98. The Balaban J connectivity index is 0.914. The molecule has 394 valence electrons. The molecule has 0 fully saturated rings. The molecule has 0 saturated heterocycles. The molecule has 2 aromatic carbocycles. The van der Waals surface area contributed by atoms with Gasteiger partial charge in [-0.15, -0.1) is 0 Å². The highest BCUT2D eigenvalue weighted by Gasteiger charge is 2.29. The van der Waals surface area contributed by atoms with Crippen molar-refractivity contribution in [1.82, 2.24) is 4.90 Å². The zero-order valence-electron chi connectivity index (χ0n) is 41.9. The maximum atomic E-state index is 12.6. The van der Waals surface area contributed by atoms with Crippen LogP contribution in [0.25, 0.3) is 11.1 Å². The number of esters is 1. The molecule has 0 atom stereocenters. The van der Waals surface area contributed by atoms with Gasteiger partial charge in [0.1, 0.15) is 13.2 Å². The van der Waals surface area contributed by atoms with Gasteiger partial charge in [-0.1, -0.05) is 94.0 Å². The molecule has 0 bridgehead atoms. The highest BCUT2D eigenvalue weighted by Crippen LogP contribution is 2.44. The number of fused-ring (bicyclic) bond motifs is 3. The molecule has 1 aliphatic carbocycles. The van der Waals surface area contributed by atoms with Gasteiger partial charge in [0, 0.05) is 25.9 Å². The van der Waals surface area contributed by atoms with Crippen molar-refractivity contribution < 1.29 is 75.9 Å². The number of carbonyl (C=O) groups is 2. The van der Waals surface area contributed by atoms with E-state index in [0.717, 1.165) is 12.8 Å². The summed E-state index contributed by atoms with van der Waals surface area (Å²) >= 11 is 0. The van der Waals surface area contributed by atoms with Crippen molar-refractivity contribution >= 4 is 12.1 Å². The fourth-order valence-corrected chi connectivity index (χ4v) is 7.03. The van der Waals surface area contributed by atoms with Crippen LogP contribution in [0.4, 0.5) is 4.79 Å². The Morgan fingerprint density at radius 3 is 1.10 bits per heavy atom. The van der Waals surface area contributed by atoms with Crippen molar-refractivity contribution in [3.05, 3.63) is 59.7 Å². The van der Waals surface area contributed by atoms with Crippen molar-refractivity contribution in [1.29, 1.82) is 0 Å².